The number of aliphatic hydroxyl groups is 1. The average Bonchev–Trinajstić information content (AvgIpc) is 1.59. The zero-order valence-corrected chi connectivity index (χ0v) is 61.1. The molecule has 4 fully saturated rings. The summed E-state index contributed by atoms with van der Waals surface area (Å²) in [6.07, 6.45) is 3.63. The third-order valence-corrected chi connectivity index (χ3v) is 17.1. The van der Waals surface area contributed by atoms with Gasteiger partial charge >= 0.3 is 36.2 Å². The molecule has 0 bridgehead atoms. The van der Waals surface area contributed by atoms with E-state index in [1.165, 1.54) is 19.6 Å². The smallest absolute Gasteiger partial charge is 0.411 e. The lowest BCUT2D eigenvalue weighted by atomic mass is 9.90. The van der Waals surface area contributed by atoms with Gasteiger partial charge in [0.25, 0.3) is 5.91 Å². The fourth-order valence-corrected chi connectivity index (χ4v) is 12.7. The van der Waals surface area contributed by atoms with E-state index < -0.39 is 106 Å². The zero-order valence-electron chi connectivity index (χ0n) is 61.1. The summed E-state index contributed by atoms with van der Waals surface area (Å²) in [4.78, 5) is 135. The number of esters is 3. The van der Waals surface area contributed by atoms with Gasteiger partial charge in [0.2, 0.25) is 11.8 Å². The molecule has 6 amide bonds. The molecule has 4 saturated heterocycles. The van der Waals surface area contributed by atoms with Gasteiger partial charge < -0.3 is 53.9 Å². The number of hydrogen-bond acceptors (Lipinski definition) is 17. The fourth-order valence-electron chi connectivity index (χ4n) is 12.7. The molecule has 0 radical (unpaired) electrons. The van der Waals surface area contributed by atoms with E-state index in [1.54, 1.807) is 68.4 Å². The molecule has 4 heterocycles. The summed E-state index contributed by atoms with van der Waals surface area (Å²) in [5.41, 5.74) is -3.31. The maximum Gasteiger partial charge on any atom is 0.411 e. The number of nitrogens with one attached hydrogen (secondary N) is 2. The highest BCUT2D eigenvalue weighted by molar-refractivity contribution is 5.97. The minimum Gasteiger partial charge on any atom is -0.459 e. The quantitative estimate of drug-likeness (QED) is 0.0325. The summed E-state index contributed by atoms with van der Waals surface area (Å²) >= 11 is 0. The molecule has 7 rings (SSSR count). The van der Waals surface area contributed by atoms with Crippen LogP contribution in [-0.4, -0.2) is 162 Å². The lowest BCUT2D eigenvalue weighted by Crippen LogP contribution is -2.60. The summed E-state index contributed by atoms with van der Waals surface area (Å²) in [7, 11) is 0. The van der Waals surface area contributed by atoms with Crippen molar-refractivity contribution in [2.75, 3.05) is 19.6 Å². The number of hydrogen-bond donors (Lipinski definition) is 3. The molecule has 1 spiro atoms. The van der Waals surface area contributed by atoms with Crippen LogP contribution in [0.1, 0.15) is 198 Å². The van der Waals surface area contributed by atoms with Crippen LogP contribution in [0.25, 0.3) is 0 Å². The molecule has 4 aliphatic heterocycles. The first-order valence-electron chi connectivity index (χ1n) is 34.7. The highest BCUT2D eigenvalue weighted by Crippen LogP contribution is 2.44. The molecule has 4 aliphatic rings. The van der Waals surface area contributed by atoms with E-state index in [0.29, 0.717) is 83.7 Å². The molecular weight excluding hydrogens is 1270 g/mol. The Kier molecular flexibility index (Phi) is 29.7. The van der Waals surface area contributed by atoms with Crippen molar-refractivity contribution >= 4 is 60.2 Å². The summed E-state index contributed by atoms with van der Waals surface area (Å²) in [5.74, 6) is -2.60. The molecule has 3 aromatic carbocycles. The van der Waals surface area contributed by atoms with Gasteiger partial charge in [-0.15, -0.1) is 6.58 Å². The van der Waals surface area contributed by atoms with Gasteiger partial charge in [-0.1, -0.05) is 139 Å². The standard InChI is InChI=1S/C26H38N2O5.2C25H36N2O6/c1-7-14-26(15-11-16-28(26)24(31)33-25(4,5)6)23(30)27-21(17-19(2)3)22(29)32-18-20-12-9-8-10-13-20;1-17(2)14-19(21(29)32-16-18-10-7-6-8-11-18)27-20(28)15-25(22(27)30)12-9-13-26(25)23(31)33-24(3,4)5;1-18(2)16-20(21(29)32-17-19-10-7-6-8-11-19)26-22(30)25(13-15-28)12-9-14-27(25)23(31)33-24(3,4)5/h7-10,12-13,19,21H,1,11,14-18H2,2-6H3,(H,27,30);6-8,10-11,17,19-20,28H,9,12-16H2,1-5H3;6-8,10-11,15,18,20H,9,12-14,16-17H2,1-5H3,(H,26,30)/t21-,26+;19-,20?,25-;20-,25-/m111/s1. The third kappa shape index (κ3) is 23.4. The van der Waals surface area contributed by atoms with E-state index in [2.05, 4.69) is 17.2 Å². The van der Waals surface area contributed by atoms with E-state index in [1.807, 2.05) is 133 Å². The number of likely N-dealkylation sites (tertiary alicyclic amines) is 4. The minimum absolute atomic E-state index is 0.0473. The van der Waals surface area contributed by atoms with E-state index >= 15 is 0 Å². The van der Waals surface area contributed by atoms with Gasteiger partial charge in [-0.05, 0) is 161 Å². The SMILES string of the molecule is C=CC[C@@]1(C(=O)N[C@H](CC(C)C)C(=O)OCc2ccccc2)CCCN1C(=O)OC(C)(C)C.CC(C)C[C@@H](NC(=O)[C@]1(CC=O)CCCN1C(=O)OC(C)(C)C)C(=O)OCc1ccccc1.CC(C)C[C@H](C(=O)OCc1ccccc1)N1C(=O)[C@@]2(CCCN2C(=O)OC(C)(C)C)CC1O. The second kappa shape index (κ2) is 36.1. The maximum atomic E-state index is 13.7. The summed E-state index contributed by atoms with van der Waals surface area (Å²) in [6.45, 7) is 32.8. The van der Waals surface area contributed by atoms with Crippen LogP contribution in [0, 0.1) is 17.8 Å². The fraction of sp³-hybridized carbons (Fsp3) is 0.605. The Morgan fingerprint density at radius 3 is 1.22 bits per heavy atom. The molecular formula is C76H110N6O17. The van der Waals surface area contributed by atoms with E-state index in [-0.39, 0.29) is 62.7 Å². The minimum atomic E-state index is -1.39. The number of amides is 6. The Balaban J connectivity index is 0.000000268. The number of aldehydes is 1. The monoisotopic (exact) mass is 1380 g/mol. The molecule has 3 N–H and O–H groups in total. The Morgan fingerprint density at radius 2 is 0.869 bits per heavy atom. The maximum absolute atomic E-state index is 13.7. The number of carbonyl (C=O) groups is 10. The predicted octanol–water partition coefficient (Wildman–Crippen LogP) is 11.7. The van der Waals surface area contributed by atoms with E-state index in [4.69, 9.17) is 28.4 Å². The Morgan fingerprint density at radius 1 is 0.525 bits per heavy atom. The van der Waals surface area contributed by atoms with Crippen molar-refractivity contribution in [3.8, 4) is 0 Å². The van der Waals surface area contributed by atoms with Crippen molar-refractivity contribution in [2.24, 2.45) is 17.8 Å². The lowest BCUT2D eigenvalue weighted by molar-refractivity contribution is -0.162. The zero-order chi connectivity index (χ0) is 73.7. The Labute approximate surface area is 585 Å². The van der Waals surface area contributed by atoms with Gasteiger partial charge in [-0.3, -0.25) is 29.1 Å². The van der Waals surface area contributed by atoms with Crippen LogP contribution in [0.2, 0.25) is 0 Å². The Hall–Kier alpha value is -8.34. The number of ether oxygens (including phenoxy) is 6. The molecule has 7 atom stereocenters. The highest BCUT2D eigenvalue weighted by atomic mass is 16.6. The normalized spacial score (nSPS) is 20.8. The average molecular weight is 1380 g/mol. The number of carbonyl (C=O) groups excluding carboxylic acids is 10. The van der Waals surface area contributed by atoms with Crippen molar-refractivity contribution in [1.82, 2.24) is 30.2 Å². The number of benzene rings is 3. The van der Waals surface area contributed by atoms with Gasteiger partial charge in [-0.2, -0.15) is 0 Å². The van der Waals surface area contributed by atoms with Crippen molar-refractivity contribution < 1.29 is 81.5 Å². The summed E-state index contributed by atoms with van der Waals surface area (Å²) in [5, 5.41) is 16.6. The van der Waals surface area contributed by atoms with Crippen molar-refractivity contribution in [3.63, 3.8) is 0 Å². The first-order chi connectivity index (χ1) is 46.4. The first kappa shape index (κ1) is 81.3. The second-order valence-electron chi connectivity index (χ2n) is 30.3. The van der Waals surface area contributed by atoms with Crippen LogP contribution >= 0.6 is 0 Å². The molecule has 23 heteroatoms. The lowest BCUT2D eigenvalue weighted by Gasteiger charge is -2.38. The van der Waals surface area contributed by atoms with E-state index in [9.17, 15) is 53.1 Å². The second-order valence-corrected chi connectivity index (χ2v) is 30.3. The number of nitrogens with zero attached hydrogens (tertiary/aromatic N) is 4. The van der Waals surface area contributed by atoms with Crippen LogP contribution in [0.15, 0.2) is 104 Å². The Bertz CT molecular complexity index is 3060. The van der Waals surface area contributed by atoms with Crippen molar-refractivity contribution in [1.29, 1.82) is 0 Å². The van der Waals surface area contributed by atoms with Gasteiger partial charge in [0.1, 0.15) is 83.9 Å². The van der Waals surface area contributed by atoms with E-state index in [0.717, 1.165) is 16.7 Å². The molecule has 0 aromatic heterocycles. The molecule has 99 heavy (non-hydrogen) atoms. The van der Waals surface area contributed by atoms with Crippen LogP contribution in [0.3, 0.4) is 0 Å². The molecule has 3 aromatic rings. The topological polar surface area (TPSA) is 283 Å². The first-order valence-corrected chi connectivity index (χ1v) is 34.7. The number of rotatable bonds is 24. The molecule has 1 unspecified atom stereocenters. The summed E-state index contributed by atoms with van der Waals surface area (Å²) in [6, 6.07) is 25.3. The third-order valence-electron chi connectivity index (χ3n) is 17.1. The van der Waals surface area contributed by atoms with Gasteiger partial charge in [0, 0.05) is 32.5 Å². The largest absolute Gasteiger partial charge is 0.459 e. The molecule has 23 nitrogen and oxygen atoms in total. The number of aliphatic hydroxyl groups excluding tert-OH is 1. The molecule has 546 valence electrons. The highest BCUT2D eigenvalue weighted by Gasteiger charge is 2.61. The van der Waals surface area contributed by atoms with Crippen LogP contribution < -0.4 is 10.6 Å². The van der Waals surface area contributed by atoms with Crippen molar-refractivity contribution in [3.05, 3.63) is 120 Å². The van der Waals surface area contributed by atoms with Crippen LogP contribution in [0.5, 0.6) is 0 Å². The van der Waals surface area contributed by atoms with Crippen LogP contribution in [-0.2, 0) is 81.8 Å². The van der Waals surface area contributed by atoms with Gasteiger partial charge in [0.05, 0.1) is 0 Å². The van der Waals surface area contributed by atoms with Crippen molar-refractivity contribution in [2.45, 2.75) is 258 Å². The predicted molar refractivity (Wildman–Crippen MR) is 372 cm³/mol. The van der Waals surface area contributed by atoms with Gasteiger partial charge in [-0.25, -0.2) is 28.8 Å². The molecule has 0 saturated carbocycles. The van der Waals surface area contributed by atoms with Gasteiger partial charge in [0.15, 0.2) is 0 Å². The summed E-state index contributed by atoms with van der Waals surface area (Å²) < 4.78 is 33.1. The van der Waals surface area contributed by atoms with Crippen LogP contribution in [0.4, 0.5) is 14.4 Å². The molecule has 0 aliphatic carbocycles.